The van der Waals surface area contributed by atoms with Crippen LogP contribution in [0.15, 0.2) is 24.3 Å². The monoisotopic (exact) mass is 248 g/mol. The second-order valence-electron chi connectivity index (χ2n) is 4.34. The molecular weight excluding hydrogens is 228 g/mol. The van der Waals surface area contributed by atoms with Gasteiger partial charge in [-0.15, -0.1) is 0 Å². The molecule has 0 aliphatic carbocycles. The fraction of sp³-hybridized carbons (Fsp3) is 0.400. The van der Waals surface area contributed by atoms with Crippen LogP contribution in [-0.4, -0.2) is 19.2 Å². The van der Waals surface area contributed by atoms with Gasteiger partial charge in [-0.2, -0.15) is 0 Å². The van der Waals surface area contributed by atoms with E-state index in [1.54, 1.807) is 6.92 Å². The highest BCUT2D eigenvalue weighted by Gasteiger charge is 2.11. The summed E-state index contributed by atoms with van der Waals surface area (Å²) >= 11 is 0. The first kappa shape index (κ1) is 14.3. The van der Waals surface area contributed by atoms with E-state index >= 15 is 0 Å². The zero-order chi connectivity index (χ0) is 13.7. The van der Waals surface area contributed by atoms with Crippen LogP contribution < -0.4 is 4.74 Å². The van der Waals surface area contributed by atoms with Crippen LogP contribution in [0.5, 0.6) is 5.75 Å². The van der Waals surface area contributed by atoms with Gasteiger partial charge < -0.3 is 9.47 Å². The van der Waals surface area contributed by atoms with Crippen LogP contribution >= 0.6 is 0 Å². The fourth-order valence-electron chi connectivity index (χ4n) is 1.85. The Labute approximate surface area is 108 Å². The minimum Gasteiger partial charge on any atom is -0.488 e. The van der Waals surface area contributed by atoms with Gasteiger partial charge in [0.2, 0.25) is 0 Å². The maximum atomic E-state index is 11.4. The number of ether oxygens (including phenoxy) is 2. The number of hydrogen-bond acceptors (Lipinski definition) is 3. The summed E-state index contributed by atoms with van der Waals surface area (Å²) < 4.78 is 10.5. The van der Waals surface area contributed by atoms with E-state index in [4.69, 9.17) is 9.47 Å². The fourth-order valence-corrected chi connectivity index (χ4v) is 1.85. The first-order chi connectivity index (χ1) is 8.45. The molecule has 18 heavy (non-hydrogen) atoms. The zero-order valence-corrected chi connectivity index (χ0v) is 11.5. The summed E-state index contributed by atoms with van der Waals surface area (Å²) in [5.74, 6) is 0.408. The van der Waals surface area contributed by atoms with E-state index in [0.717, 1.165) is 16.9 Å². The summed E-state index contributed by atoms with van der Waals surface area (Å²) in [4.78, 5) is 11.4. The summed E-state index contributed by atoms with van der Waals surface area (Å²) in [6, 6.07) is 4.10. The molecule has 0 aliphatic heterocycles. The summed E-state index contributed by atoms with van der Waals surface area (Å²) in [7, 11) is 0. The third kappa shape index (κ3) is 3.62. The second-order valence-corrected chi connectivity index (χ2v) is 4.34. The van der Waals surface area contributed by atoms with Crippen molar-refractivity contribution in [2.75, 3.05) is 13.2 Å². The molecule has 0 N–H and O–H groups in total. The Kier molecular flexibility index (Phi) is 4.95. The van der Waals surface area contributed by atoms with Gasteiger partial charge in [0.15, 0.2) is 0 Å². The first-order valence-electron chi connectivity index (χ1n) is 6.01. The second kappa shape index (κ2) is 6.24. The number of benzene rings is 1. The molecule has 0 atom stereocenters. The van der Waals surface area contributed by atoms with E-state index in [2.05, 4.69) is 18.7 Å². The summed E-state index contributed by atoms with van der Waals surface area (Å²) in [5.41, 5.74) is 3.64. The van der Waals surface area contributed by atoms with Gasteiger partial charge in [-0.1, -0.05) is 24.3 Å². The Hall–Kier alpha value is -1.77. The van der Waals surface area contributed by atoms with Crippen molar-refractivity contribution < 1.29 is 14.3 Å². The lowest BCUT2D eigenvalue weighted by atomic mass is 10.1. The highest BCUT2D eigenvalue weighted by atomic mass is 16.5. The van der Waals surface area contributed by atoms with Crippen LogP contribution in [0, 0.1) is 20.8 Å². The minimum atomic E-state index is -0.403. The van der Waals surface area contributed by atoms with Gasteiger partial charge >= 0.3 is 5.97 Å². The molecule has 1 aromatic rings. The lowest BCUT2D eigenvalue weighted by Crippen LogP contribution is -2.13. The van der Waals surface area contributed by atoms with Gasteiger partial charge in [-0.25, -0.2) is 4.79 Å². The number of aryl methyl sites for hydroxylation is 3. The van der Waals surface area contributed by atoms with Crippen molar-refractivity contribution in [1.82, 2.24) is 0 Å². The van der Waals surface area contributed by atoms with Crippen LogP contribution in [0.25, 0.3) is 0 Å². The molecule has 0 bridgehead atoms. The Bertz CT molecular complexity index is 438. The summed E-state index contributed by atoms with van der Waals surface area (Å²) in [6.45, 7) is 12.0. The van der Waals surface area contributed by atoms with Crippen molar-refractivity contribution in [3.8, 4) is 5.75 Å². The van der Waals surface area contributed by atoms with Gasteiger partial charge in [0.05, 0.1) is 12.2 Å². The maximum Gasteiger partial charge on any atom is 0.336 e. The summed E-state index contributed by atoms with van der Waals surface area (Å²) in [5, 5.41) is 0. The van der Waals surface area contributed by atoms with Gasteiger partial charge in [0.1, 0.15) is 12.4 Å². The lowest BCUT2D eigenvalue weighted by molar-refractivity contribution is -0.138. The standard InChI is InChI=1S/C15H20O3/c1-6-17-15(16)13(5)9-18-14-11(3)7-10(2)8-12(14)4/h7-8H,5-6,9H2,1-4H3. The Balaban J connectivity index is 2.70. The average molecular weight is 248 g/mol. The maximum absolute atomic E-state index is 11.4. The highest BCUT2D eigenvalue weighted by Crippen LogP contribution is 2.24. The van der Waals surface area contributed by atoms with Crippen molar-refractivity contribution >= 4 is 5.97 Å². The van der Waals surface area contributed by atoms with Crippen molar-refractivity contribution in [1.29, 1.82) is 0 Å². The quantitative estimate of drug-likeness (QED) is 0.593. The topological polar surface area (TPSA) is 35.5 Å². The number of carbonyl (C=O) groups is 1. The zero-order valence-electron chi connectivity index (χ0n) is 11.5. The van der Waals surface area contributed by atoms with Crippen LogP contribution in [0.3, 0.4) is 0 Å². The smallest absolute Gasteiger partial charge is 0.336 e. The molecule has 0 saturated carbocycles. The van der Waals surface area contributed by atoms with Gasteiger partial charge in [0, 0.05) is 0 Å². The van der Waals surface area contributed by atoms with Gasteiger partial charge in [-0.3, -0.25) is 0 Å². The van der Waals surface area contributed by atoms with Crippen molar-refractivity contribution in [2.45, 2.75) is 27.7 Å². The molecule has 0 fully saturated rings. The van der Waals surface area contributed by atoms with E-state index < -0.39 is 5.97 Å². The van der Waals surface area contributed by atoms with E-state index in [1.807, 2.05) is 20.8 Å². The van der Waals surface area contributed by atoms with Crippen LogP contribution in [0.1, 0.15) is 23.6 Å². The lowest BCUT2D eigenvalue weighted by Gasteiger charge is -2.13. The van der Waals surface area contributed by atoms with Crippen molar-refractivity contribution in [2.24, 2.45) is 0 Å². The molecule has 0 heterocycles. The van der Waals surface area contributed by atoms with E-state index in [9.17, 15) is 4.79 Å². The van der Waals surface area contributed by atoms with Gasteiger partial charge in [0.25, 0.3) is 0 Å². The molecule has 3 nitrogen and oxygen atoms in total. The molecule has 3 heteroatoms. The van der Waals surface area contributed by atoms with Gasteiger partial charge in [-0.05, 0) is 38.8 Å². The Morgan fingerprint density at radius 1 is 1.22 bits per heavy atom. The van der Waals surface area contributed by atoms with Crippen LogP contribution in [-0.2, 0) is 9.53 Å². The molecule has 0 aromatic heterocycles. The van der Waals surface area contributed by atoms with E-state index in [1.165, 1.54) is 5.56 Å². The average Bonchev–Trinajstić information content (AvgIpc) is 2.27. The molecule has 0 aliphatic rings. The van der Waals surface area contributed by atoms with Crippen LogP contribution in [0.4, 0.5) is 0 Å². The normalized spacial score (nSPS) is 10.0. The molecular formula is C15H20O3. The first-order valence-corrected chi connectivity index (χ1v) is 6.01. The predicted molar refractivity (Wildman–Crippen MR) is 71.9 cm³/mol. The third-order valence-electron chi connectivity index (χ3n) is 2.56. The van der Waals surface area contributed by atoms with E-state index in [-0.39, 0.29) is 6.61 Å². The van der Waals surface area contributed by atoms with Crippen LogP contribution in [0.2, 0.25) is 0 Å². The molecule has 1 aromatic carbocycles. The van der Waals surface area contributed by atoms with Crippen molar-refractivity contribution in [3.05, 3.63) is 41.0 Å². The molecule has 0 spiro atoms. The summed E-state index contributed by atoms with van der Waals surface area (Å²) in [6.07, 6.45) is 0. The molecule has 0 unspecified atom stereocenters. The molecule has 98 valence electrons. The Morgan fingerprint density at radius 2 is 1.78 bits per heavy atom. The molecule has 0 amide bonds. The number of carbonyl (C=O) groups excluding carboxylic acids is 1. The largest absolute Gasteiger partial charge is 0.488 e. The highest BCUT2D eigenvalue weighted by molar-refractivity contribution is 5.88. The predicted octanol–water partition coefficient (Wildman–Crippen LogP) is 3.11. The SMILES string of the molecule is C=C(COc1c(C)cc(C)cc1C)C(=O)OCC. The molecule has 0 radical (unpaired) electrons. The number of esters is 1. The molecule has 1 rings (SSSR count). The number of rotatable bonds is 5. The van der Waals surface area contributed by atoms with E-state index in [0.29, 0.717) is 12.2 Å². The minimum absolute atomic E-state index is 0.156. The Morgan fingerprint density at radius 3 is 2.28 bits per heavy atom. The van der Waals surface area contributed by atoms with Crippen molar-refractivity contribution in [3.63, 3.8) is 0 Å². The number of hydrogen-bond donors (Lipinski definition) is 0. The molecule has 0 saturated heterocycles. The third-order valence-corrected chi connectivity index (χ3v) is 2.56.